The molecule has 0 spiro atoms. The normalized spacial score (nSPS) is 11.5. The van der Waals surface area contributed by atoms with Crippen LogP contribution in [0.4, 0.5) is 68.2 Å². The molecule has 0 aliphatic carbocycles. The maximum absolute atomic E-state index is 6.69. The molecule has 15 aromatic carbocycles. The molecule has 0 amide bonds. The molecule has 8 nitrogen and oxygen atoms in total. The van der Waals surface area contributed by atoms with Crippen molar-refractivity contribution in [1.29, 1.82) is 0 Å². The molecule has 0 unspecified atom stereocenters. The zero-order valence-corrected chi connectivity index (χ0v) is 53.1. The number of hydrogen-bond acceptors (Lipinski definition) is 8. The Hall–Kier alpha value is -13.3. The number of nitrogens with zero attached hydrogens (tertiary/aromatic N) is 4. The van der Waals surface area contributed by atoms with E-state index in [4.69, 9.17) is 17.7 Å². The molecule has 19 rings (SSSR count). The van der Waals surface area contributed by atoms with E-state index < -0.39 is 0 Å². The van der Waals surface area contributed by atoms with E-state index in [-0.39, 0.29) is 0 Å². The smallest absolute Gasteiger partial charge is 0.137 e. The van der Waals surface area contributed by atoms with Gasteiger partial charge in [-0.05, 0) is 169 Å². The van der Waals surface area contributed by atoms with Crippen molar-refractivity contribution in [3.8, 4) is 11.1 Å². The molecule has 98 heavy (non-hydrogen) atoms. The predicted molar refractivity (Wildman–Crippen MR) is 406 cm³/mol. The highest BCUT2D eigenvalue weighted by atomic mass is 16.3. The van der Waals surface area contributed by atoms with Gasteiger partial charge in [0.15, 0.2) is 0 Å². The van der Waals surface area contributed by atoms with Crippen molar-refractivity contribution < 1.29 is 17.7 Å². The molecule has 4 heterocycles. The van der Waals surface area contributed by atoms with Crippen LogP contribution in [0.15, 0.2) is 382 Å². The minimum absolute atomic E-state index is 0.822. The molecule has 0 bridgehead atoms. The molecule has 0 saturated heterocycles. The Morgan fingerprint density at radius 2 is 0.408 bits per heavy atom. The van der Waals surface area contributed by atoms with E-state index in [0.29, 0.717) is 0 Å². The Bertz CT molecular complexity index is 6030. The van der Waals surface area contributed by atoms with Crippen LogP contribution in [0.25, 0.3) is 98.9 Å². The summed E-state index contributed by atoms with van der Waals surface area (Å²) in [5.41, 5.74) is 21.7. The van der Waals surface area contributed by atoms with Crippen LogP contribution in [0, 0.1) is 0 Å². The van der Waals surface area contributed by atoms with Crippen LogP contribution in [-0.4, -0.2) is 0 Å². The van der Waals surface area contributed by atoms with Gasteiger partial charge in [-0.2, -0.15) is 0 Å². The van der Waals surface area contributed by atoms with Crippen LogP contribution in [-0.2, 0) is 0 Å². The lowest BCUT2D eigenvalue weighted by Gasteiger charge is -2.26. The summed E-state index contributed by atoms with van der Waals surface area (Å²) in [6.07, 6.45) is 0. The highest BCUT2D eigenvalue weighted by molar-refractivity contribution is 6.16. The van der Waals surface area contributed by atoms with E-state index in [9.17, 15) is 0 Å². The highest BCUT2D eigenvalue weighted by Crippen LogP contribution is 2.49. The van der Waals surface area contributed by atoms with Crippen molar-refractivity contribution >= 4 is 156 Å². The van der Waals surface area contributed by atoms with Crippen LogP contribution >= 0.6 is 0 Å². The Morgan fingerprint density at radius 1 is 0.153 bits per heavy atom. The Morgan fingerprint density at radius 3 is 0.796 bits per heavy atom. The van der Waals surface area contributed by atoms with Gasteiger partial charge in [-0.1, -0.05) is 182 Å². The number of fused-ring (bicyclic) bond motifs is 12. The molecule has 8 heteroatoms. The third-order valence-corrected chi connectivity index (χ3v) is 18.5. The van der Waals surface area contributed by atoms with Crippen LogP contribution in [0.5, 0.6) is 0 Å². The first-order valence-electron chi connectivity index (χ1n) is 32.9. The van der Waals surface area contributed by atoms with Gasteiger partial charge in [-0.25, -0.2) is 0 Å². The molecule has 0 N–H and O–H groups in total. The van der Waals surface area contributed by atoms with Gasteiger partial charge in [0.25, 0.3) is 0 Å². The van der Waals surface area contributed by atoms with Crippen molar-refractivity contribution in [2.45, 2.75) is 0 Å². The third kappa shape index (κ3) is 10.4. The number of rotatable bonds is 13. The lowest BCUT2D eigenvalue weighted by molar-refractivity contribution is 0.668. The van der Waals surface area contributed by atoms with Gasteiger partial charge < -0.3 is 37.3 Å². The standard InChI is InChI=1S/C48H32N2O2.C42H28N2O2/c1-4-13-33(14-5-1)34-23-25-37(26-24-34)49(35-15-6-2-7-16-35)38-28-30-42-47(31-38)52-45-22-12-20-43(48(42)45)50(36-17-8-3-9-18-36)39-27-29-41-40-19-10-11-21-44(40)51-46(41)32-39;1-4-13-29(14-5-1)43(30-15-6-2-7-16-30)32-24-26-36-41(27-32)46-39-22-12-20-37(42(36)39)44(31-17-8-3-9-18-31)33-23-25-35-34-19-10-11-21-38(34)45-40(35)28-33/h1-32H;1-28H. The summed E-state index contributed by atoms with van der Waals surface area (Å²) in [5.74, 6) is 0. The topological polar surface area (TPSA) is 65.5 Å². The van der Waals surface area contributed by atoms with Gasteiger partial charge >= 0.3 is 0 Å². The first-order chi connectivity index (χ1) is 48.6. The number of benzene rings is 15. The van der Waals surface area contributed by atoms with Gasteiger partial charge in [0.2, 0.25) is 0 Å². The fourth-order valence-corrected chi connectivity index (χ4v) is 14.0. The van der Waals surface area contributed by atoms with Crippen molar-refractivity contribution in [3.05, 3.63) is 364 Å². The number of hydrogen-bond donors (Lipinski definition) is 0. The maximum Gasteiger partial charge on any atom is 0.137 e. The molecule has 0 aliphatic rings. The average Bonchev–Trinajstić information content (AvgIpc) is 1.57. The fourth-order valence-electron chi connectivity index (χ4n) is 14.0. The zero-order valence-electron chi connectivity index (χ0n) is 53.1. The Labute approximate surface area is 565 Å². The van der Waals surface area contributed by atoms with Crippen LogP contribution in [0.3, 0.4) is 0 Å². The summed E-state index contributed by atoms with van der Waals surface area (Å²) in [6, 6.07) is 127. The first-order valence-corrected chi connectivity index (χ1v) is 32.9. The van der Waals surface area contributed by atoms with Crippen LogP contribution in [0.2, 0.25) is 0 Å². The molecule has 19 aromatic rings. The summed E-state index contributed by atoms with van der Waals surface area (Å²) in [4.78, 5) is 9.12. The Balaban J connectivity index is 0.000000143. The monoisotopic (exact) mass is 1260 g/mol. The van der Waals surface area contributed by atoms with E-state index in [1.54, 1.807) is 0 Å². The van der Waals surface area contributed by atoms with Crippen molar-refractivity contribution in [3.63, 3.8) is 0 Å². The third-order valence-electron chi connectivity index (χ3n) is 18.5. The highest BCUT2D eigenvalue weighted by Gasteiger charge is 2.25. The van der Waals surface area contributed by atoms with Crippen LogP contribution in [0.1, 0.15) is 0 Å². The minimum Gasteiger partial charge on any atom is -0.456 e. The molecule has 4 aromatic heterocycles. The lowest BCUT2D eigenvalue weighted by atomic mass is 10.0. The molecule has 464 valence electrons. The SMILES string of the molecule is c1ccc(-c2ccc(N(c3ccccc3)c3ccc4c(c3)oc3cccc(N(c5ccccc5)c5ccc6c(c5)oc5ccccc56)c34)cc2)cc1.c1ccc(N(c2ccccc2)c2ccc3c(c2)oc2cccc(N(c4ccccc4)c4ccc5c(c4)oc4ccccc45)c23)cc1. The van der Waals surface area contributed by atoms with Crippen LogP contribution < -0.4 is 19.6 Å². The number of para-hydroxylation sites is 7. The van der Waals surface area contributed by atoms with E-state index in [1.807, 2.05) is 54.6 Å². The zero-order chi connectivity index (χ0) is 64.9. The second-order valence-corrected chi connectivity index (χ2v) is 24.4. The quantitative estimate of drug-likeness (QED) is 0.113. The van der Waals surface area contributed by atoms with Crippen molar-refractivity contribution in [2.75, 3.05) is 19.6 Å². The van der Waals surface area contributed by atoms with Gasteiger partial charge in [0, 0.05) is 113 Å². The van der Waals surface area contributed by atoms with Gasteiger partial charge in [-0.15, -0.1) is 0 Å². The molecule has 0 atom stereocenters. The average molecular weight is 1260 g/mol. The molecule has 0 fully saturated rings. The van der Waals surface area contributed by atoms with E-state index in [1.165, 1.54) is 11.1 Å². The molecule has 0 saturated carbocycles. The maximum atomic E-state index is 6.69. The number of furan rings is 4. The van der Waals surface area contributed by atoms with Gasteiger partial charge in [0.1, 0.15) is 44.7 Å². The van der Waals surface area contributed by atoms with Crippen molar-refractivity contribution in [2.24, 2.45) is 0 Å². The van der Waals surface area contributed by atoms with Crippen molar-refractivity contribution in [1.82, 2.24) is 0 Å². The summed E-state index contributed by atoms with van der Waals surface area (Å²) >= 11 is 0. The molecule has 0 radical (unpaired) electrons. The molecule has 0 aliphatic heterocycles. The van der Waals surface area contributed by atoms with Gasteiger partial charge in [-0.3, -0.25) is 0 Å². The van der Waals surface area contributed by atoms with E-state index in [2.05, 4.69) is 329 Å². The summed E-state index contributed by atoms with van der Waals surface area (Å²) < 4.78 is 26.0. The largest absolute Gasteiger partial charge is 0.456 e. The first kappa shape index (κ1) is 57.4. The summed E-state index contributed by atoms with van der Waals surface area (Å²) in [7, 11) is 0. The van der Waals surface area contributed by atoms with E-state index in [0.717, 1.165) is 156 Å². The summed E-state index contributed by atoms with van der Waals surface area (Å²) in [6.45, 7) is 0. The Kier molecular flexibility index (Phi) is 14.4. The second kappa shape index (κ2) is 24.6. The summed E-state index contributed by atoms with van der Waals surface area (Å²) in [5, 5.41) is 8.66. The van der Waals surface area contributed by atoms with E-state index >= 15 is 0 Å². The van der Waals surface area contributed by atoms with Gasteiger partial charge in [0.05, 0.1) is 22.1 Å². The predicted octanol–water partition coefficient (Wildman–Crippen LogP) is 26.5. The molecular formula is C90H60N4O4. The minimum atomic E-state index is 0.822. The second-order valence-electron chi connectivity index (χ2n) is 24.4. The fraction of sp³-hybridized carbons (Fsp3) is 0. The number of anilines is 12. The lowest BCUT2D eigenvalue weighted by Crippen LogP contribution is -2.10. The molecular weight excluding hydrogens is 1200 g/mol.